The van der Waals surface area contributed by atoms with Gasteiger partial charge in [-0.3, -0.25) is 9.69 Å². The molecule has 1 N–H and O–H groups in total. The molecule has 1 saturated heterocycles. The van der Waals surface area contributed by atoms with Crippen molar-refractivity contribution in [3.05, 3.63) is 24.2 Å². The standard InChI is InChI=1S/C12H18N2O3/c1-10(14-3-6-16-7-4-14)8-13-12(15)11-2-5-17-9-11/h2,5,9-10H,3-4,6-8H2,1H3,(H,13,15)/t10-/m0/s1. The van der Waals surface area contributed by atoms with E-state index in [0.717, 1.165) is 26.3 Å². The molecule has 0 radical (unpaired) electrons. The molecule has 1 atom stereocenters. The van der Waals surface area contributed by atoms with Crippen molar-refractivity contribution in [3.63, 3.8) is 0 Å². The number of nitrogens with one attached hydrogen (secondary N) is 1. The van der Waals surface area contributed by atoms with Crippen molar-refractivity contribution in [2.45, 2.75) is 13.0 Å². The van der Waals surface area contributed by atoms with Crippen LogP contribution in [0.15, 0.2) is 23.0 Å². The molecule has 5 nitrogen and oxygen atoms in total. The second-order valence-corrected chi connectivity index (χ2v) is 4.22. The first kappa shape index (κ1) is 12.1. The van der Waals surface area contributed by atoms with Crippen molar-refractivity contribution in [1.82, 2.24) is 10.2 Å². The molecular formula is C12H18N2O3. The third-order valence-electron chi connectivity index (χ3n) is 3.01. The highest BCUT2D eigenvalue weighted by Gasteiger charge is 2.17. The van der Waals surface area contributed by atoms with Crippen molar-refractivity contribution in [1.29, 1.82) is 0 Å². The van der Waals surface area contributed by atoms with Gasteiger partial charge in [-0.1, -0.05) is 0 Å². The molecule has 1 amide bonds. The lowest BCUT2D eigenvalue weighted by molar-refractivity contribution is 0.0204. The SMILES string of the molecule is C[C@@H](CNC(=O)c1ccoc1)N1CCOCC1. The summed E-state index contributed by atoms with van der Waals surface area (Å²) in [6, 6.07) is 1.99. The number of nitrogens with zero attached hydrogens (tertiary/aromatic N) is 1. The van der Waals surface area contributed by atoms with Crippen LogP contribution in [-0.4, -0.2) is 49.7 Å². The molecular weight excluding hydrogens is 220 g/mol. The monoisotopic (exact) mass is 238 g/mol. The molecule has 1 aromatic rings. The van der Waals surface area contributed by atoms with Gasteiger partial charge >= 0.3 is 0 Å². The number of carbonyl (C=O) groups is 1. The van der Waals surface area contributed by atoms with E-state index < -0.39 is 0 Å². The van der Waals surface area contributed by atoms with Gasteiger partial charge in [0.15, 0.2) is 0 Å². The van der Waals surface area contributed by atoms with Crippen LogP contribution < -0.4 is 5.32 Å². The van der Waals surface area contributed by atoms with Gasteiger partial charge in [-0.05, 0) is 13.0 Å². The largest absolute Gasteiger partial charge is 0.472 e. The van der Waals surface area contributed by atoms with Crippen molar-refractivity contribution < 1.29 is 13.9 Å². The smallest absolute Gasteiger partial charge is 0.254 e. The average molecular weight is 238 g/mol. The van der Waals surface area contributed by atoms with Crippen LogP contribution >= 0.6 is 0 Å². The Morgan fingerprint density at radius 1 is 1.53 bits per heavy atom. The number of ether oxygens (including phenoxy) is 1. The van der Waals surface area contributed by atoms with Gasteiger partial charge in [-0.15, -0.1) is 0 Å². The van der Waals surface area contributed by atoms with Crippen molar-refractivity contribution in [2.75, 3.05) is 32.8 Å². The molecule has 5 heteroatoms. The number of carbonyl (C=O) groups excluding carboxylic acids is 1. The van der Waals surface area contributed by atoms with Crippen LogP contribution in [0.5, 0.6) is 0 Å². The van der Waals surface area contributed by atoms with E-state index in [4.69, 9.17) is 9.15 Å². The molecule has 0 saturated carbocycles. The normalized spacial score (nSPS) is 18.9. The minimum absolute atomic E-state index is 0.0844. The maximum atomic E-state index is 11.7. The van der Waals surface area contributed by atoms with Crippen LogP contribution in [0.2, 0.25) is 0 Å². The Morgan fingerprint density at radius 2 is 2.29 bits per heavy atom. The number of hydrogen-bond acceptors (Lipinski definition) is 4. The molecule has 0 spiro atoms. The van der Waals surface area contributed by atoms with E-state index in [-0.39, 0.29) is 5.91 Å². The number of furan rings is 1. The molecule has 1 aliphatic rings. The lowest BCUT2D eigenvalue weighted by Crippen LogP contribution is -2.47. The number of rotatable bonds is 4. The van der Waals surface area contributed by atoms with Gasteiger partial charge in [0.25, 0.3) is 5.91 Å². The summed E-state index contributed by atoms with van der Waals surface area (Å²) in [4.78, 5) is 14.0. The van der Waals surface area contributed by atoms with Gasteiger partial charge in [0, 0.05) is 25.7 Å². The van der Waals surface area contributed by atoms with Crippen molar-refractivity contribution in [3.8, 4) is 0 Å². The summed E-state index contributed by atoms with van der Waals surface area (Å²) in [6.07, 6.45) is 2.95. The molecule has 94 valence electrons. The Kier molecular flexibility index (Phi) is 4.17. The van der Waals surface area contributed by atoms with E-state index in [0.29, 0.717) is 18.2 Å². The zero-order valence-electron chi connectivity index (χ0n) is 10.0. The molecule has 2 rings (SSSR count). The van der Waals surface area contributed by atoms with Crippen LogP contribution in [0.1, 0.15) is 17.3 Å². The molecule has 2 heterocycles. The fourth-order valence-electron chi connectivity index (χ4n) is 1.88. The fraction of sp³-hybridized carbons (Fsp3) is 0.583. The van der Waals surface area contributed by atoms with Crippen LogP contribution in [0.25, 0.3) is 0 Å². The second kappa shape index (κ2) is 5.84. The lowest BCUT2D eigenvalue weighted by Gasteiger charge is -2.32. The van der Waals surface area contributed by atoms with Gasteiger partial charge in [0.2, 0.25) is 0 Å². The summed E-state index contributed by atoms with van der Waals surface area (Å²) in [6.45, 7) is 6.18. The molecule has 1 aromatic heterocycles. The lowest BCUT2D eigenvalue weighted by atomic mass is 10.2. The number of morpholine rings is 1. The van der Waals surface area contributed by atoms with Crippen LogP contribution in [0.3, 0.4) is 0 Å². The Balaban J connectivity index is 1.75. The highest BCUT2D eigenvalue weighted by atomic mass is 16.5. The second-order valence-electron chi connectivity index (χ2n) is 4.22. The minimum atomic E-state index is -0.0844. The highest BCUT2D eigenvalue weighted by molar-refractivity contribution is 5.93. The molecule has 17 heavy (non-hydrogen) atoms. The third kappa shape index (κ3) is 3.31. The molecule has 0 bridgehead atoms. The Labute approximate surface area is 101 Å². The zero-order valence-corrected chi connectivity index (χ0v) is 10.0. The fourth-order valence-corrected chi connectivity index (χ4v) is 1.88. The molecule has 1 aliphatic heterocycles. The summed E-state index contributed by atoms with van der Waals surface area (Å²) in [5.41, 5.74) is 0.569. The number of hydrogen-bond donors (Lipinski definition) is 1. The predicted octanol–water partition coefficient (Wildman–Crippen LogP) is 0.730. The first-order valence-corrected chi connectivity index (χ1v) is 5.89. The summed E-state index contributed by atoms with van der Waals surface area (Å²) in [7, 11) is 0. The maximum Gasteiger partial charge on any atom is 0.254 e. The summed E-state index contributed by atoms with van der Waals surface area (Å²) in [5.74, 6) is -0.0844. The Morgan fingerprint density at radius 3 is 2.94 bits per heavy atom. The molecule has 0 unspecified atom stereocenters. The molecule has 0 aromatic carbocycles. The van der Waals surface area contributed by atoms with Gasteiger partial charge in [0.05, 0.1) is 25.0 Å². The van der Waals surface area contributed by atoms with Crippen molar-refractivity contribution >= 4 is 5.91 Å². The average Bonchev–Trinajstić information content (AvgIpc) is 2.90. The van der Waals surface area contributed by atoms with Gasteiger partial charge in [-0.25, -0.2) is 0 Å². The number of amides is 1. The molecule has 0 aliphatic carbocycles. The van der Waals surface area contributed by atoms with E-state index >= 15 is 0 Å². The summed E-state index contributed by atoms with van der Waals surface area (Å²) in [5, 5.41) is 2.90. The Bertz CT molecular complexity index is 345. The van der Waals surface area contributed by atoms with Gasteiger partial charge < -0.3 is 14.5 Å². The van der Waals surface area contributed by atoms with Gasteiger partial charge in [-0.2, -0.15) is 0 Å². The highest BCUT2D eigenvalue weighted by Crippen LogP contribution is 2.03. The summed E-state index contributed by atoms with van der Waals surface area (Å²) >= 11 is 0. The van der Waals surface area contributed by atoms with Crippen LogP contribution in [-0.2, 0) is 4.74 Å². The zero-order chi connectivity index (χ0) is 12.1. The Hall–Kier alpha value is -1.33. The van der Waals surface area contributed by atoms with Crippen LogP contribution in [0, 0.1) is 0 Å². The molecule has 1 fully saturated rings. The van der Waals surface area contributed by atoms with Crippen LogP contribution in [0.4, 0.5) is 0 Å². The minimum Gasteiger partial charge on any atom is -0.472 e. The third-order valence-corrected chi connectivity index (χ3v) is 3.01. The first-order chi connectivity index (χ1) is 8.27. The van der Waals surface area contributed by atoms with E-state index in [9.17, 15) is 4.79 Å². The van der Waals surface area contributed by atoms with E-state index in [1.807, 2.05) is 0 Å². The van der Waals surface area contributed by atoms with Gasteiger partial charge in [0.1, 0.15) is 6.26 Å². The summed E-state index contributed by atoms with van der Waals surface area (Å²) < 4.78 is 10.2. The quantitative estimate of drug-likeness (QED) is 0.840. The van der Waals surface area contributed by atoms with E-state index in [2.05, 4.69) is 17.1 Å². The first-order valence-electron chi connectivity index (χ1n) is 5.89. The topological polar surface area (TPSA) is 54.7 Å². The van der Waals surface area contributed by atoms with E-state index in [1.165, 1.54) is 12.5 Å². The van der Waals surface area contributed by atoms with Crippen molar-refractivity contribution in [2.24, 2.45) is 0 Å². The predicted molar refractivity (Wildman–Crippen MR) is 62.9 cm³/mol. The maximum absolute atomic E-state index is 11.7. The van der Waals surface area contributed by atoms with E-state index in [1.54, 1.807) is 6.07 Å².